The van der Waals surface area contributed by atoms with Gasteiger partial charge in [0.2, 0.25) is 0 Å². The molecule has 3 heteroatoms. The number of rotatable bonds is 3. The molecule has 0 amide bonds. The van der Waals surface area contributed by atoms with Crippen molar-refractivity contribution >= 4 is 0 Å². The summed E-state index contributed by atoms with van der Waals surface area (Å²) in [6.07, 6.45) is 0. The molecule has 258 valence electrons. The van der Waals surface area contributed by atoms with Crippen molar-refractivity contribution in [3.05, 3.63) is 89.2 Å². The summed E-state index contributed by atoms with van der Waals surface area (Å²) < 4.78 is 19.8. The van der Waals surface area contributed by atoms with Crippen LogP contribution >= 0.6 is 0 Å². The zero-order valence-corrected chi connectivity index (χ0v) is 33.4. The summed E-state index contributed by atoms with van der Waals surface area (Å²) in [6, 6.07) is 20.4. The van der Waals surface area contributed by atoms with Crippen molar-refractivity contribution in [1.29, 1.82) is 0 Å². The molecule has 1 aromatic carbocycles. The summed E-state index contributed by atoms with van der Waals surface area (Å²) in [5.41, 5.74) is 6.03. The van der Waals surface area contributed by atoms with E-state index in [1.54, 1.807) is 0 Å². The molecule has 48 heavy (non-hydrogen) atoms. The third-order valence-electron chi connectivity index (χ3n) is 8.75. The van der Waals surface area contributed by atoms with E-state index in [0.717, 1.165) is 67.9 Å². The lowest BCUT2D eigenvalue weighted by molar-refractivity contribution is 0.329. The van der Waals surface area contributed by atoms with Crippen molar-refractivity contribution in [3.63, 3.8) is 0 Å². The van der Waals surface area contributed by atoms with Crippen LogP contribution in [0.25, 0.3) is 33.4 Å². The van der Waals surface area contributed by atoms with Crippen molar-refractivity contribution in [3.8, 4) is 33.4 Å². The normalized spacial score (nSPS) is 13.6. The van der Waals surface area contributed by atoms with Gasteiger partial charge < -0.3 is 0 Å². The molecule has 0 spiro atoms. The van der Waals surface area contributed by atoms with E-state index in [1.165, 1.54) is 0 Å². The van der Waals surface area contributed by atoms with E-state index in [0.29, 0.717) is 0 Å². The van der Waals surface area contributed by atoms with Crippen LogP contribution in [-0.2, 0) is 32.5 Å². The Morgan fingerprint density at radius 3 is 0.479 bits per heavy atom. The first-order valence-electron chi connectivity index (χ1n) is 17.7. The van der Waals surface area contributed by atoms with Gasteiger partial charge >= 0.3 is 34.6 Å². The summed E-state index contributed by atoms with van der Waals surface area (Å²) in [4.78, 5) is 0. The third kappa shape index (κ3) is 8.63. The van der Waals surface area contributed by atoms with Crippen LogP contribution in [0, 0.1) is 0 Å². The van der Waals surface area contributed by atoms with Crippen molar-refractivity contribution in [2.24, 2.45) is 0 Å². The van der Waals surface area contributed by atoms with Gasteiger partial charge in [0.1, 0.15) is 0 Å². The molecule has 0 saturated carbocycles. The molecule has 0 aliphatic rings. The molecule has 0 aliphatic heterocycles. The number of hydrogen-bond acceptors (Lipinski definition) is 0. The molecule has 3 aromatic heterocycles. The molecule has 0 N–H and O–H groups in total. The molecule has 0 bridgehead atoms. The Hall–Kier alpha value is -3.33. The minimum absolute atomic E-state index is 0.148. The predicted molar refractivity (Wildman–Crippen MR) is 205 cm³/mol. The summed E-state index contributed by atoms with van der Waals surface area (Å²) in [7, 11) is 0. The van der Waals surface area contributed by atoms with Crippen LogP contribution in [0.2, 0.25) is 0 Å². The van der Waals surface area contributed by atoms with E-state index >= 15 is 0 Å². The number of benzene rings is 1. The molecule has 0 aliphatic carbocycles. The minimum Gasteiger partial charge on any atom is -0.217 e. The molecule has 0 saturated heterocycles. The van der Waals surface area contributed by atoms with Gasteiger partial charge in [0, 0.05) is 36.4 Å². The highest BCUT2D eigenvalue weighted by molar-refractivity contribution is 5.82. The molecule has 3 heterocycles. The van der Waals surface area contributed by atoms with Gasteiger partial charge in [-0.1, -0.05) is 0 Å². The fraction of sp³-hybridized carbons (Fsp3) is 0.533. The Balaban J connectivity index is 2.16. The van der Waals surface area contributed by atoms with Gasteiger partial charge in [-0.15, -0.1) is 0 Å². The average molecular weight is 652 g/mol. The molecule has 0 fully saturated rings. The van der Waals surface area contributed by atoms with Crippen molar-refractivity contribution in [1.82, 2.24) is 0 Å². The predicted octanol–water partition coefficient (Wildman–Crippen LogP) is 14.1. The molecule has 4 rings (SSSR count). The minimum atomic E-state index is -0.148. The SMILES string of the molecule is CC(C)(C)c1cc(-c2cc(-c3cc(C(C)(C)C)[o+]c(C(C)(C)C)c3)cc(-c3cc(C(C)(C)C)[o+]c(C(C)(C)C)c3)c2)cc(C(C)(C)C)[o+]1. The maximum absolute atomic E-state index is 6.59. The third-order valence-corrected chi connectivity index (χ3v) is 8.75. The van der Waals surface area contributed by atoms with Gasteiger partial charge in [-0.3, -0.25) is 0 Å². The van der Waals surface area contributed by atoms with Gasteiger partial charge in [0.15, 0.2) is 0 Å². The topological polar surface area (TPSA) is 33.9 Å². The van der Waals surface area contributed by atoms with E-state index < -0.39 is 0 Å². The second kappa shape index (κ2) is 12.2. The summed E-state index contributed by atoms with van der Waals surface area (Å²) in [6.45, 7) is 39.9. The van der Waals surface area contributed by atoms with Gasteiger partial charge in [0.25, 0.3) is 0 Å². The van der Waals surface area contributed by atoms with Gasteiger partial charge in [-0.25, -0.2) is 13.3 Å². The van der Waals surface area contributed by atoms with E-state index in [2.05, 4.69) is 179 Å². The smallest absolute Gasteiger partial charge is 0.217 e. The molecule has 0 unspecified atom stereocenters. The van der Waals surface area contributed by atoms with Gasteiger partial charge in [0.05, 0.1) is 32.5 Å². The van der Waals surface area contributed by atoms with Crippen LogP contribution in [0.5, 0.6) is 0 Å². The van der Waals surface area contributed by atoms with E-state index in [1.807, 2.05) is 0 Å². The highest BCUT2D eigenvalue weighted by atomic mass is 16.3. The standard InChI is InChI=1S/C45H63O3/c1-40(2,3)34-22-31(23-35(46-34)41(4,5)6)28-19-29(32-24-36(42(7,8)9)47-37(25-32)43(10,11)12)21-30(20-28)33-26-38(44(13,14)15)48-39(27-33)45(16,17)18/h19-27H,1-18H3/q+3. The number of hydrogen-bond donors (Lipinski definition) is 0. The molecular formula is C45H63O3+3. The Morgan fingerprint density at radius 2 is 0.354 bits per heavy atom. The summed E-state index contributed by atoms with van der Waals surface area (Å²) >= 11 is 0. The van der Waals surface area contributed by atoms with Crippen molar-refractivity contribution < 1.29 is 13.3 Å². The maximum atomic E-state index is 6.59. The van der Waals surface area contributed by atoms with E-state index in [4.69, 9.17) is 13.3 Å². The van der Waals surface area contributed by atoms with Gasteiger partial charge in [-0.2, -0.15) is 0 Å². The van der Waals surface area contributed by atoms with Crippen LogP contribution in [0.15, 0.2) is 67.8 Å². The second-order valence-corrected chi connectivity index (χ2v) is 20.0. The fourth-order valence-electron chi connectivity index (χ4n) is 5.35. The first kappa shape index (κ1) is 37.5. The zero-order valence-electron chi connectivity index (χ0n) is 33.4. The average Bonchev–Trinajstić information content (AvgIpc) is 2.93. The lowest BCUT2D eigenvalue weighted by Crippen LogP contribution is -2.17. The quantitative estimate of drug-likeness (QED) is 0.207. The largest absolute Gasteiger partial charge is 0.335 e. The first-order chi connectivity index (χ1) is 21.5. The Kier molecular flexibility index (Phi) is 9.54. The zero-order chi connectivity index (χ0) is 36.4. The lowest BCUT2D eigenvalue weighted by Gasteiger charge is -2.18. The Morgan fingerprint density at radius 1 is 0.229 bits per heavy atom. The van der Waals surface area contributed by atoms with Gasteiger partial charge in [-0.05, 0) is 176 Å². The van der Waals surface area contributed by atoms with Crippen molar-refractivity contribution in [2.45, 2.75) is 157 Å². The molecule has 4 aromatic rings. The monoisotopic (exact) mass is 651 g/mol. The molecule has 3 nitrogen and oxygen atoms in total. The fourth-order valence-corrected chi connectivity index (χ4v) is 5.35. The second-order valence-electron chi connectivity index (χ2n) is 20.0. The highest BCUT2D eigenvalue weighted by Crippen LogP contribution is 2.41. The molecule has 0 atom stereocenters. The maximum Gasteiger partial charge on any atom is 0.335 e. The molecular weight excluding hydrogens is 588 g/mol. The Labute approximate surface area is 292 Å². The van der Waals surface area contributed by atoms with E-state index in [9.17, 15) is 0 Å². The summed E-state index contributed by atoms with van der Waals surface area (Å²) in [5, 5.41) is 0. The van der Waals surface area contributed by atoms with Crippen LogP contribution in [0.1, 0.15) is 159 Å². The summed E-state index contributed by atoms with van der Waals surface area (Å²) in [5.74, 6) is 5.86. The van der Waals surface area contributed by atoms with Crippen LogP contribution in [0.3, 0.4) is 0 Å². The van der Waals surface area contributed by atoms with Crippen LogP contribution in [0.4, 0.5) is 0 Å². The van der Waals surface area contributed by atoms with Crippen molar-refractivity contribution in [2.75, 3.05) is 0 Å². The van der Waals surface area contributed by atoms with Crippen LogP contribution < -0.4 is 0 Å². The molecule has 0 radical (unpaired) electrons. The highest BCUT2D eigenvalue weighted by Gasteiger charge is 2.37. The first-order valence-corrected chi connectivity index (χ1v) is 17.7. The van der Waals surface area contributed by atoms with Crippen LogP contribution in [-0.4, -0.2) is 0 Å². The lowest BCUT2D eigenvalue weighted by atomic mass is 9.84. The Bertz CT molecular complexity index is 1480. The van der Waals surface area contributed by atoms with E-state index in [-0.39, 0.29) is 32.5 Å².